The number of ether oxygens (including phenoxy) is 1. The Morgan fingerprint density at radius 1 is 1.16 bits per heavy atom. The predicted molar refractivity (Wildman–Crippen MR) is 93.9 cm³/mol. The molecule has 25 heavy (non-hydrogen) atoms. The summed E-state index contributed by atoms with van der Waals surface area (Å²) >= 11 is 0. The number of hydrogen-bond donors (Lipinski definition) is 2. The van der Waals surface area contributed by atoms with Crippen molar-refractivity contribution in [2.24, 2.45) is 0 Å². The van der Waals surface area contributed by atoms with E-state index in [4.69, 9.17) is 4.74 Å². The first-order valence-corrected chi connectivity index (χ1v) is 7.71. The monoisotopic (exact) mass is 338 g/mol. The SMILES string of the molecule is COc1ccccc1NC(=O)[C@H](C)Nc1ccc(-n2cnnn2)cc1. The second kappa shape index (κ2) is 7.43. The van der Waals surface area contributed by atoms with Gasteiger partial charge in [0, 0.05) is 5.69 Å². The average molecular weight is 338 g/mol. The molecule has 0 aliphatic carbocycles. The van der Waals surface area contributed by atoms with Crippen LogP contribution in [0.5, 0.6) is 5.75 Å². The average Bonchev–Trinajstić information content (AvgIpc) is 3.17. The fourth-order valence-electron chi connectivity index (χ4n) is 2.29. The Balaban J connectivity index is 1.63. The van der Waals surface area contributed by atoms with E-state index in [1.165, 1.54) is 6.33 Å². The van der Waals surface area contributed by atoms with E-state index in [2.05, 4.69) is 26.2 Å². The highest BCUT2D eigenvalue weighted by molar-refractivity contribution is 5.97. The Labute approximate surface area is 144 Å². The lowest BCUT2D eigenvalue weighted by Gasteiger charge is -2.16. The molecule has 3 aromatic rings. The van der Waals surface area contributed by atoms with Crippen molar-refractivity contribution >= 4 is 17.3 Å². The number of tetrazole rings is 1. The molecule has 0 unspecified atom stereocenters. The van der Waals surface area contributed by atoms with Gasteiger partial charge < -0.3 is 15.4 Å². The number of carbonyl (C=O) groups excluding carboxylic acids is 1. The van der Waals surface area contributed by atoms with Gasteiger partial charge in [0.1, 0.15) is 18.1 Å². The van der Waals surface area contributed by atoms with Crippen molar-refractivity contribution in [3.63, 3.8) is 0 Å². The molecule has 0 aliphatic heterocycles. The van der Waals surface area contributed by atoms with E-state index in [0.29, 0.717) is 11.4 Å². The molecule has 2 aromatic carbocycles. The van der Waals surface area contributed by atoms with E-state index >= 15 is 0 Å². The number of methoxy groups -OCH3 is 1. The number of benzene rings is 2. The number of nitrogens with one attached hydrogen (secondary N) is 2. The number of anilines is 2. The number of nitrogens with zero attached hydrogens (tertiary/aromatic N) is 4. The highest BCUT2D eigenvalue weighted by atomic mass is 16.5. The molecule has 128 valence electrons. The summed E-state index contributed by atoms with van der Waals surface area (Å²) in [7, 11) is 1.57. The maximum Gasteiger partial charge on any atom is 0.246 e. The Bertz CT molecular complexity index is 833. The van der Waals surface area contributed by atoms with Crippen LogP contribution in [0.1, 0.15) is 6.92 Å². The van der Waals surface area contributed by atoms with Gasteiger partial charge in [0.15, 0.2) is 0 Å². The van der Waals surface area contributed by atoms with Crippen LogP contribution in [-0.2, 0) is 4.79 Å². The molecule has 1 amide bonds. The first-order valence-electron chi connectivity index (χ1n) is 7.71. The lowest BCUT2D eigenvalue weighted by atomic mass is 10.2. The summed E-state index contributed by atoms with van der Waals surface area (Å²) in [5.41, 5.74) is 2.29. The molecule has 0 fully saturated rings. The minimum Gasteiger partial charge on any atom is -0.495 e. The smallest absolute Gasteiger partial charge is 0.246 e. The lowest BCUT2D eigenvalue weighted by molar-refractivity contribution is -0.116. The third-order valence-electron chi connectivity index (χ3n) is 3.62. The van der Waals surface area contributed by atoms with Crippen LogP contribution < -0.4 is 15.4 Å². The molecule has 0 saturated heterocycles. The molecule has 1 aromatic heterocycles. The summed E-state index contributed by atoms with van der Waals surface area (Å²) in [5, 5.41) is 17.0. The molecule has 8 nitrogen and oxygen atoms in total. The van der Waals surface area contributed by atoms with Crippen LogP contribution in [0.3, 0.4) is 0 Å². The Morgan fingerprint density at radius 3 is 2.60 bits per heavy atom. The second-order valence-corrected chi connectivity index (χ2v) is 5.36. The molecule has 0 radical (unpaired) electrons. The van der Waals surface area contributed by atoms with Crippen LogP contribution in [-0.4, -0.2) is 39.3 Å². The largest absolute Gasteiger partial charge is 0.495 e. The highest BCUT2D eigenvalue weighted by Crippen LogP contribution is 2.23. The molecule has 0 aliphatic rings. The number of amides is 1. The van der Waals surface area contributed by atoms with Crippen molar-refractivity contribution in [2.75, 3.05) is 17.7 Å². The predicted octanol–water partition coefficient (Wildman–Crippen LogP) is 2.11. The van der Waals surface area contributed by atoms with Crippen LogP contribution in [0.25, 0.3) is 5.69 Å². The van der Waals surface area contributed by atoms with Crippen molar-refractivity contribution in [1.82, 2.24) is 20.2 Å². The van der Waals surface area contributed by atoms with E-state index in [-0.39, 0.29) is 5.91 Å². The first-order chi connectivity index (χ1) is 12.2. The number of rotatable bonds is 6. The maximum absolute atomic E-state index is 12.4. The molecule has 3 rings (SSSR count). The van der Waals surface area contributed by atoms with Gasteiger partial charge in [0.05, 0.1) is 18.5 Å². The normalized spacial score (nSPS) is 11.6. The van der Waals surface area contributed by atoms with Gasteiger partial charge >= 0.3 is 0 Å². The van der Waals surface area contributed by atoms with E-state index in [0.717, 1.165) is 11.4 Å². The van der Waals surface area contributed by atoms with Crippen molar-refractivity contribution in [3.8, 4) is 11.4 Å². The molecule has 8 heteroatoms. The third kappa shape index (κ3) is 3.92. The molecular formula is C17H18N6O2. The number of aromatic nitrogens is 4. The molecule has 1 heterocycles. The van der Waals surface area contributed by atoms with Gasteiger partial charge in [-0.2, -0.15) is 0 Å². The molecule has 1 atom stereocenters. The summed E-state index contributed by atoms with van der Waals surface area (Å²) in [6, 6.07) is 14.3. The van der Waals surface area contributed by atoms with Crippen LogP contribution >= 0.6 is 0 Å². The summed E-state index contributed by atoms with van der Waals surface area (Å²) < 4.78 is 6.80. The van der Waals surface area contributed by atoms with Crippen molar-refractivity contribution in [2.45, 2.75) is 13.0 Å². The quantitative estimate of drug-likeness (QED) is 0.715. The maximum atomic E-state index is 12.4. The number of hydrogen-bond acceptors (Lipinski definition) is 6. The van der Waals surface area contributed by atoms with E-state index in [1.807, 2.05) is 36.4 Å². The minimum atomic E-state index is -0.427. The van der Waals surface area contributed by atoms with Crippen LogP contribution in [0.15, 0.2) is 54.9 Å². The summed E-state index contributed by atoms with van der Waals surface area (Å²) in [6.07, 6.45) is 1.52. The zero-order valence-corrected chi connectivity index (χ0v) is 13.9. The van der Waals surface area contributed by atoms with Crippen LogP contribution in [0.2, 0.25) is 0 Å². The Kier molecular flexibility index (Phi) is 4.89. The third-order valence-corrected chi connectivity index (χ3v) is 3.62. The number of carbonyl (C=O) groups is 1. The summed E-state index contributed by atoms with van der Waals surface area (Å²) in [6.45, 7) is 1.79. The first kappa shape index (κ1) is 16.4. The second-order valence-electron chi connectivity index (χ2n) is 5.36. The topological polar surface area (TPSA) is 94.0 Å². The molecule has 0 spiro atoms. The van der Waals surface area contributed by atoms with Crippen LogP contribution in [0.4, 0.5) is 11.4 Å². The van der Waals surface area contributed by atoms with Crippen molar-refractivity contribution < 1.29 is 9.53 Å². The van der Waals surface area contributed by atoms with E-state index in [1.54, 1.807) is 30.8 Å². The van der Waals surface area contributed by atoms with Gasteiger partial charge in [-0.3, -0.25) is 4.79 Å². The number of para-hydroxylation sites is 2. The molecule has 0 saturated carbocycles. The van der Waals surface area contributed by atoms with Gasteiger partial charge in [-0.1, -0.05) is 12.1 Å². The van der Waals surface area contributed by atoms with E-state index in [9.17, 15) is 4.79 Å². The molecule has 2 N–H and O–H groups in total. The van der Waals surface area contributed by atoms with Gasteiger partial charge in [0.25, 0.3) is 0 Å². The summed E-state index contributed by atoms with van der Waals surface area (Å²) in [5.74, 6) is 0.461. The molecule has 0 bridgehead atoms. The van der Waals surface area contributed by atoms with Crippen molar-refractivity contribution in [3.05, 3.63) is 54.9 Å². The zero-order chi connectivity index (χ0) is 17.6. The Hall–Kier alpha value is -3.42. The van der Waals surface area contributed by atoms with Gasteiger partial charge in [-0.25, -0.2) is 4.68 Å². The summed E-state index contributed by atoms with van der Waals surface area (Å²) in [4.78, 5) is 12.4. The minimum absolute atomic E-state index is 0.158. The molecular weight excluding hydrogens is 320 g/mol. The lowest BCUT2D eigenvalue weighted by Crippen LogP contribution is -2.32. The van der Waals surface area contributed by atoms with E-state index < -0.39 is 6.04 Å². The van der Waals surface area contributed by atoms with Crippen molar-refractivity contribution in [1.29, 1.82) is 0 Å². The standard InChI is InChI=1S/C17H18N6O2/c1-12(17(24)20-15-5-3-4-6-16(15)25-2)19-13-7-9-14(10-8-13)23-11-18-21-22-23/h3-12,19H,1-2H3,(H,20,24)/t12-/m0/s1. The Morgan fingerprint density at radius 2 is 1.92 bits per heavy atom. The fraction of sp³-hybridized carbons (Fsp3) is 0.176. The zero-order valence-electron chi connectivity index (χ0n) is 13.9. The van der Waals surface area contributed by atoms with Gasteiger partial charge in [-0.05, 0) is 53.7 Å². The highest BCUT2D eigenvalue weighted by Gasteiger charge is 2.14. The van der Waals surface area contributed by atoms with Crippen LogP contribution in [0, 0.1) is 0 Å². The fourth-order valence-corrected chi connectivity index (χ4v) is 2.29. The van der Waals surface area contributed by atoms with Gasteiger partial charge in [-0.15, -0.1) is 5.10 Å². The van der Waals surface area contributed by atoms with Gasteiger partial charge in [0.2, 0.25) is 5.91 Å².